The zero-order valence-electron chi connectivity index (χ0n) is 7.94. The number of nitrogen functional groups attached to an aromatic ring is 1. The molecule has 1 unspecified atom stereocenters. The van der Waals surface area contributed by atoms with Gasteiger partial charge in [-0.25, -0.2) is 0 Å². The molecular formula is C11H12N2O. The Morgan fingerprint density at radius 2 is 2.07 bits per heavy atom. The lowest BCUT2D eigenvalue weighted by Crippen LogP contribution is -2.00. The third-order valence-electron chi connectivity index (χ3n) is 2.27. The molecule has 1 atom stereocenters. The molecule has 72 valence electrons. The van der Waals surface area contributed by atoms with Crippen molar-refractivity contribution in [2.45, 2.75) is 13.0 Å². The number of benzene rings is 1. The molecule has 0 fully saturated rings. The molecule has 0 saturated heterocycles. The average Bonchev–Trinajstić information content (AvgIpc) is 2.17. The largest absolute Gasteiger partial charge is 0.397 e. The minimum absolute atomic E-state index is 0.540. The summed E-state index contributed by atoms with van der Waals surface area (Å²) in [5.41, 5.74) is 7.92. The molecule has 0 aliphatic carbocycles. The highest BCUT2D eigenvalue weighted by atomic mass is 16.3. The minimum Gasteiger partial charge on any atom is -0.397 e. The topological polar surface area (TPSA) is 59.1 Å². The van der Waals surface area contributed by atoms with Crippen molar-refractivity contribution >= 4 is 16.6 Å². The van der Waals surface area contributed by atoms with Gasteiger partial charge in [-0.15, -0.1) is 0 Å². The zero-order chi connectivity index (χ0) is 10.1. The summed E-state index contributed by atoms with van der Waals surface area (Å²) in [6, 6.07) is 7.65. The van der Waals surface area contributed by atoms with E-state index in [0.29, 0.717) is 5.69 Å². The van der Waals surface area contributed by atoms with Gasteiger partial charge in [0.25, 0.3) is 0 Å². The van der Waals surface area contributed by atoms with Crippen LogP contribution in [0.5, 0.6) is 0 Å². The van der Waals surface area contributed by atoms with Gasteiger partial charge in [-0.05, 0) is 13.0 Å². The first-order valence-electron chi connectivity index (χ1n) is 4.51. The highest BCUT2D eigenvalue weighted by Crippen LogP contribution is 2.27. The van der Waals surface area contributed by atoms with Crippen molar-refractivity contribution in [1.29, 1.82) is 0 Å². The number of rotatable bonds is 1. The summed E-state index contributed by atoms with van der Waals surface area (Å²) in [6.45, 7) is 1.71. The number of nitrogens with zero attached hydrogens (tertiary/aromatic N) is 1. The van der Waals surface area contributed by atoms with E-state index in [0.717, 1.165) is 16.5 Å². The molecule has 1 heterocycles. The normalized spacial score (nSPS) is 13.0. The van der Waals surface area contributed by atoms with Crippen LogP contribution in [-0.2, 0) is 0 Å². The van der Waals surface area contributed by atoms with Crippen LogP contribution in [0.4, 0.5) is 5.69 Å². The molecular weight excluding hydrogens is 176 g/mol. The number of aliphatic hydroxyl groups excluding tert-OH is 1. The Bertz CT molecular complexity index is 466. The third-order valence-corrected chi connectivity index (χ3v) is 2.27. The maximum absolute atomic E-state index is 9.59. The fraction of sp³-hybridized carbons (Fsp3) is 0.182. The Morgan fingerprint density at radius 3 is 2.79 bits per heavy atom. The Labute approximate surface area is 82.2 Å². The Hall–Kier alpha value is -1.61. The number of hydrogen-bond donors (Lipinski definition) is 2. The second kappa shape index (κ2) is 3.27. The van der Waals surface area contributed by atoms with E-state index in [4.69, 9.17) is 5.73 Å². The van der Waals surface area contributed by atoms with Crippen LogP contribution in [0.3, 0.4) is 0 Å². The summed E-state index contributed by atoms with van der Waals surface area (Å²) in [5, 5.41) is 10.5. The molecule has 0 saturated carbocycles. The van der Waals surface area contributed by atoms with Gasteiger partial charge in [-0.2, -0.15) is 0 Å². The maximum atomic E-state index is 9.59. The van der Waals surface area contributed by atoms with Gasteiger partial charge in [-0.1, -0.05) is 18.2 Å². The van der Waals surface area contributed by atoms with Crippen molar-refractivity contribution in [1.82, 2.24) is 4.98 Å². The lowest BCUT2D eigenvalue weighted by molar-refractivity contribution is 0.201. The smallest absolute Gasteiger partial charge is 0.0789 e. The molecule has 14 heavy (non-hydrogen) atoms. The Morgan fingerprint density at radius 1 is 1.36 bits per heavy atom. The van der Waals surface area contributed by atoms with Crippen molar-refractivity contribution in [3.8, 4) is 0 Å². The molecule has 1 aromatic carbocycles. The number of aliphatic hydroxyl groups is 1. The monoisotopic (exact) mass is 188 g/mol. The van der Waals surface area contributed by atoms with Gasteiger partial charge in [0.15, 0.2) is 0 Å². The van der Waals surface area contributed by atoms with Gasteiger partial charge >= 0.3 is 0 Å². The third kappa shape index (κ3) is 1.32. The number of pyridine rings is 1. The lowest BCUT2D eigenvalue weighted by Gasteiger charge is -2.11. The Balaban J connectivity index is 2.83. The number of anilines is 1. The fourth-order valence-electron chi connectivity index (χ4n) is 1.64. The van der Waals surface area contributed by atoms with Crippen LogP contribution >= 0.6 is 0 Å². The summed E-state index contributed by atoms with van der Waals surface area (Å²) < 4.78 is 0. The van der Waals surface area contributed by atoms with E-state index < -0.39 is 6.10 Å². The van der Waals surface area contributed by atoms with Crippen molar-refractivity contribution < 1.29 is 5.11 Å². The minimum atomic E-state index is -0.567. The summed E-state index contributed by atoms with van der Waals surface area (Å²) in [6.07, 6.45) is 1.02. The molecule has 0 aliphatic rings. The van der Waals surface area contributed by atoms with Gasteiger partial charge in [0.05, 0.1) is 23.5 Å². The van der Waals surface area contributed by atoms with Gasteiger partial charge < -0.3 is 10.8 Å². The summed E-state index contributed by atoms with van der Waals surface area (Å²) in [4.78, 5) is 4.19. The van der Waals surface area contributed by atoms with E-state index in [9.17, 15) is 5.11 Å². The molecule has 0 spiro atoms. The average molecular weight is 188 g/mol. The molecule has 0 aliphatic heterocycles. The standard InChI is InChI=1S/C11H12N2O/c1-7(14)11-8-4-2-3-5-10(8)13-6-9(11)12/h2-7,14H,12H2,1H3. The van der Waals surface area contributed by atoms with Crippen LogP contribution in [0.25, 0.3) is 10.9 Å². The quantitative estimate of drug-likeness (QED) is 0.718. The maximum Gasteiger partial charge on any atom is 0.0789 e. The molecule has 2 rings (SSSR count). The number of para-hydroxylation sites is 1. The van der Waals surface area contributed by atoms with Gasteiger partial charge in [0, 0.05) is 10.9 Å². The molecule has 0 amide bonds. The first-order chi connectivity index (χ1) is 6.70. The second-order valence-corrected chi connectivity index (χ2v) is 3.32. The van der Waals surface area contributed by atoms with E-state index in [1.54, 1.807) is 13.1 Å². The number of fused-ring (bicyclic) bond motifs is 1. The van der Waals surface area contributed by atoms with Crippen molar-refractivity contribution in [3.05, 3.63) is 36.0 Å². The molecule has 3 heteroatoms. The first-order valence-corrected chi connectivity index (χ1v) is 4.51. The molecule has 0 bridgehead atoms. The van der Waals surface area contributed by atoms with Crippen LogP contribution in [0.1, 0.15) is 18.6 Å². The highest BCUT2D eigenvalue weighted by Gasteiger charge is 2.10. The van der Waals surface area contributed by atoms with E-state index in [-0.39, 0.29) is 0 Å². The summed E-state index contributed by atoms with van der Waals surface area (Å²) in [5.74, 6) is 0. The molecule has 0 radical (unpaired) electrons. The van der Waals surface area contributed by atoms with E-state index >= 15 is 0 Å². The van der Waals surface area contributed by atoms with E-state index in [1.807, 2.05) is 24.3 Å². The SMILES string of the molecule is CC(O)c1c(N)cnc2ccccc12. The van der Waals surface area contributed by atoms with E-state index in [2.05, 4.69) is 4.98 Å². The Kier molecular flexibility index (Phi) is 2.09. The van der Waals surface area contributed by atoms with Crippen LogP contribution in [0.15, 0.2) is 30.5 Å². The van der Waals surface area contributed by atoms with Crippen LogP contribution < -0.4 is 5.73 Å². The van der Waals surface area contributed by atoms with Crippen LogP contribution in [0, 0.1) is 0 Å². The summed E-state index contributed by atoms with van der Waals surface area (Å²) in [7, 11) is 0. The molecule has 1 aromatic heterocycles. The van der Waals surface area contributed by atoms with Crippen molar-refractivity contribution in [3.63, 3.8) is 0 Å². The van der Waals surface area contributed by atoms with Gasteiger partial charge in [0.1, 0.15) is 0 Å². The van der Waals surface area contributed by atoms with Gasteiger partial charge in [-0.3, -0.25) is 4.98 Å². The first kappa shape index (κ1) is 8.97. The van der Waals surface area contributed by atoms with Gasteiger partial charge in [0.2, 0.25) is 0 Å². The highest BCUT2D eigenvalue weighted by molar-refractivity contribution is 5.86. The van der Waals surface area contributed by atoms with Crippen molar-refractivity contribution in [2.24, 2.45) is 0 Å². The van der Waals surface area contributed by atoms with Crippen LogP contribution in [0.2, 0.25) is 0 Å². The van der Waals surface area contributed by atoms with Crippen molar-refractivity contribution in [2.75, 3.05) is 5.73 Å². The van der Waals surface area contributed by atoms with E-state index in [1.165, 1.54) is 0 Å². The molecule has 3 N–H and O–H groups in total. The van der Waals surface area contributed by atoms with Crippen LogP contribution in [-0.4, -0.2) is 10.1 Å². The number of nitrogens with two attached hydrogens (primary N) is 1. The summed E-state index contributed by atoms with van der Waals surface area (Å²) >= 11 is 0. The second-order valence-electron chi connectivity index (χ2n) is 3.32. The number of aromatic nitrogens is 1. The molecule has 2 aromatic rings. The predicted molar refractivity (Wildman–Crippen MR) is 56.8 cm³/mol. The molecule has 3 nitrogen and oxygen atoms in total. The predicted octanol–water partition coefficient (Wildman–Crippen LogP) is 1.87. The number of hydrogen-bond acceptors (Lipinski definition) is 3. The lowest BCUT2D eigenvalue weighted by atomic mass is 10.0. The fourth-order valence-corrected chi connectivity index (χ4v) is 1.64. The zero-order valence-corrected chi connectivity index (χ0v) is 7.94.